The molecule has 21 heavy (non-hydrogen) atoms. The Morgan fingerprint density at radius 3 is 1.57 bits per heavy atom. The third-order valence-corrected chi connectivity index (χ3v) is 3.33. The van der Waals surface area contributed by atoms with Gasteiger partial charge in [-0.15, -0.1) is 0 Å². The molecule has 0 saturated heterocycles. The summed E-state index contributed by atoms with van der Waals surface area (Å²) in [6.07, 6.45) is 0. The van der Waals surface area contributed by atoms with Gasteiger partial charge in [0.25, 0.3) is 0 Å². The van der Waals surface area contributed by atoms with Crippen molar-refractivity contribution in [3.63, 3.8) is 0 Å². The Bertz CT molecular complexity index is 578. The van der Waals surface area contributed by atoms with Crippen molar-refractivity contribution in [3.05, 3.63) is 59.2 Å². The summed E-state index contributed by atoms with van der Waals surface area (Å²) in [6, 6.07) is 8.41. The van der Waals surface area contributed by atoms with Crippen LogP contribution in [-0.4, -0.2) is 21.3 Å². The minimum Gasteiger partial charge on any atom is -0.497 e. The lowest BCUT2D eigenvalue weighted by atomic mass is 9.97. The maximum absolute atomic E-state index is 14.2. The van der Waals surface area contributed by atoms with E-state index in [1.54, 1.807) is 31.3 Å². The Labute approximate surface area is 122 Å². The quantitative estimate of drug-likeness (QED) is 0.917. The smallest absolute Gasteiger partial charge is 0.132 e. The number of rotatable bonds is 5. The van der Waals surface area contributed by atoms with E-state index in [-0.39, 0.29) is 0 Å². The Morgan fingerprint density at radius 2 is 1.29 bits per heavy atom. The second kappa shape index (κ2) is 6.54. The van der Waals surface area contributed by atoms with E-state index in [1.807, 2.05) is 0 Å². The van der Waals surface area contributed by atoms with Crippen LogP contribution in [0.2, 0.25) is 0 Å². The molecule has 0 saturated carbocycles. The molecule has 3 nitrogen and oxygen atoms in total. The van der Waals surface area contributed by atoms with E-state index in [2.05, 4.69) is 5.32 Å². The van der Waals surface area contributed by atoms with Gasteiger partial charge in [-0.1, -0.05) is 12.1 Å². The summed E-state index contributed by atoms with van der Waals surface area (Å²) >= 11 is 0. The van der Waals surface area contributed by atoms with Gasteiger partial charge in [0.15, 0.2) is 0 Å². The Kier molecular flexibility index (Phi) is 4.75. The van der Waals surface area contributed by atoms with E-state index in [1.165, 1.54) is 26.4 Å². The van der Waals surface area contributed by atoms with Crippen molar-refractivity contribution in [2.45, 2.75) is 6.04 Å². The first-order chi connectivity index (χ1) is 10.1. The molecule has 2 aromatic carbocycles. The van der Waals surface area contributed by atoms with Crippen molar-refractivity contribution in [2.24, 2.45) is 0 Å². The van der Waals surface area contributed by atoms with Crippen LogP contribution in [0.15, 0.2) is 36.4 Å². The number of halogens is 2. The van der Waals surface area contributed by atoms with Crippen LogP contribution < -0.4 is 14.8 Å². The van der Waals surface area contributed by atoms with Crippen molar-refractivity contribution < 1.29 is 18.3 Å². The van der Waals surface area contributed by atoms with Gasteiger partial charge in [0.05, 0.1) is 20.3 Å². The molecule has 2 rings (SSSR count). The number of hydrogen-bond acceptors (Lipinski definition) is 3. The van der Waals surface area contributed by atoms with Crippen LogP contribution in [0.1, 0.15) is 17.2 Å². The highest BCUT2D eigenvalue weighted by molar-refractivity contribution is 5.39. The van der Waals surface area contributed by atoms with Crippen LogP contribution in [0.25, 0.3) is 0 Å². The fourth-order valence-electron chi connectivity index (χ4n) is 2.22. The topological polar surface area (TPSA) is 30.5 Å². The summed E-state index contributed by atoms with van der Waals surface area (Å²) < 4.78 is 38.3. The number of hydrogen-bond donors (Lipinski definition) is 1. The molecule has 0 aliphatic rings. The Hall–Kier alpha value is -2.14. The predicted molar refractivity (Wildman–Crippen MR) is 76.8 cm³/mol. The maximum Gasteiger partial charge on any atom is 0.132 e. The molecular weight excluding hydrogens is 276 g/mol. The van der Waals surface area contributed by atoms with Gasteiger partial charge in [0, 0.05) is 23.3 Å². The Morgan fingerprint density at radius 1 is 0.857 bits per heavy atom. The fraction of sp³-hybridized carbons (Fsp3) is 0.250. The molecule has 0 atom stereocenters. The van der Waals surface area contributed by atoms with Gasteiger partial charge in [0.1, 0.15) is 23.1 Å². The lowest BCUT2D eigenvalue weighted by molar-refractivity contribution is 0.408. The lowest BCUT2D eigenvalue weighted by Gasteiger charge is -2.19. The van der Waals surface area contributed by atoms with Crippen LogP contribution in [-0.2, 0) is 0 Å². The largest absolute Gasteiger partial charge is 0.497 e. The standard InChI is InChI=1S/C16H17F2NO2/c1-19-16(12-6-4-10(20-2)8-14(12)17)13-7-5-11(21-3)9-15(13)18/h4-9,16,19H,1-3H3. The average Bonchev–Trinajstić information content (AvgIpc) is 2.50. The van der Waals surface area contributed by atoms with Crippen molar-refractivity contribution in [3.8, 4) is 11.5 Å². The predicted octanol–water partition coefficient (Wildman–Crippen LogP) is 3.29. The van der Waals surface area contributed by atoms with Gasteiger partial charge in [-0.3, -0.25) is 0 Å². The monoisotopic (exact) mass is 293 g/mol. The second-order valence-corrected chi connectivity index (χ2v) is 4.50. The molecule has 0 radical (unpaired) electrons. The van der Waals surface area contributed by atoms with E-state index in [9.17, 15) is 8.78 Å². The summed E-state index contributed by atoms with van der Waals surface area (Å²) in [6.45, 7) is 0. The number of ether oxygens (including phenoxy) is 2. The maximum atomic E-state index is 14.2. The third-order valence-electron chi connectivity index (χ3n) is 3.33. The second-order valence-electron chi connectivity index (χ2n) is 4.50. The average molecular weight is 293 g/mol. The normalized spacial score (nSPS) is 10.8. The van der Waals surface area contributed by atoms with E-state index >= 15 is 0 Å². The SMILES string of the molecule is CNC(c1ccc(OC)cc1F)c1ccc(OC)cc1F. The summed E-state index contributed by atoms with van der Waals surface area (Å²) in [5.74, 6) is -0.0737. The molecule has 0 unspecified atom stereocenters. The minimum absolute atomic E-state index is 0.349. The Balaban J connectivity index is 2.44. The first-order valence-electron chi connectivity index (χ1n) is 6.44. The molecule has 0 aliphatic heterocycles. The van der Waals surface area contributed by atoms with Crippen molar-refractivity contribution >= 4 is 0 Å². The number of nitrogens with one attached hydrogen (secondary N) is 1. The van der Waals surface area contributed by atoms with E-state index in [4.69, 9.17) is 9.47 Å². The molecule has 0 bridgehead atoms. The zero-order valence-corrected chi connectivity index (χ0v) is 12.1. The molecule has 0 aromatic heterocycles. The molecule has 0 aliphatic carbocycles. The highest BCUT2D eigenvalue weighted by Gasteiger charge is 2.20. The highest BCUT2D eigenvalue weighted by Crippen LogP contribution is 2.30. The molecule has 112 valence electrons. The van der Waals surface area contributed by atoms with Crippen LogP contribution in [0, 0.1) is 11.6 Å². The molecule has 0 spiro atoms. The van der Waals surface area contributed by atoms with Gasteiger partial charge < -0.3 is 14.8 Å². The summed E-state index contributed by atoms with van der Waals surface area (Å²) in [7, 11) is 4.58. The molecule has 0 fully saturated rings. The summed E-state index contributed by atoms with van der Waals surface area (Å²) in [5.41, 5.74) is 0.699. The molecular formula is C16H17F2NO2. The molecule has 1 N–H and O–H groups in total. The van der Waals surface area contributed by atoms with E-state index in [0.29, 0.717) is 22.6 Å². The summed E-state index contributed by atoms with van der Waals surface area (Å²) in [5, 5.41) is 2.93. The zero-order valence-electron chi connectivity index (χ0n) is 12.1. The first-order valence-corrected chi connectivity index (χ1v) is 6.44. The first kappa shape index (κ1) is 15.3. The van der Waals surface area contributed by atoms with E-state index < -0.39 is 17.7 Å². The molecule has 0 amide bonds. The van der Waals surface area contributed by atoms with Gasteiger partial charge in [-0.2, -0.15) is 0 Å². The molecule has 2 aromatic rings. The summed E-state index contributed by atoms with van der Waals surface area (Å²) in [4.78, 5) is 0. The third kappa shape index (κ3) is 3.13. The van der Waals surface area contributed by atoms with Gasteiger partial charge in [0.2, 0.25) is 0 Å². The molecule has 0 heterocycles. The van der Waals surface area contributed by atoms with Crippen LogP contribution in [0.3, 0.4) is 0 Å². The van der Waals surface area contributed by atoms with E-state index in [0.717, 1.165) is 0 Å². The highest BCUT2D eigenvalue weighted by atomic mass is 19.1. The van der Waals surface area contributed by atoms with Gasteiger partial charge in [-0.05, 0) is 19.2 Å². The number of benzene rings is 2. The number of methoxy groups -OCH3 is 2. The van der Waals surface area contributed by atoms with Crippen LogP contribution in [0.4, 0.5) is 8.78 Å². The van der Waals surface area contributed by atoms with Crippen LogP contribution >= 0.6 is 0 Å². The van der Waals surface area contributed by atoms with Gasteiger partial charge in [-0.25, -0.2) is 8.78 Å². The van der Waals surface area contributed by atoms with Crippen LogP contribution in [0.5, 0.6) is 11.5 Å². The molecule has 5 heteroatoms. The fourth-order valence-corrected chi connectivity index (χ4v) is 2.22. The van der Waals surface area contributed by atoms with Crippen molar-refractivity contribution in [1.29, 1.82) is 0 Å². The van der Waals surface area contributed by atoms with Crippen molar-refractivity contribution in [2.75, 3.05) is 21.3 Å². The minimum atomic E-state index is -0.596. The van der Waals surface area contributed by atoms with Gasteiger partial charge >= 0.3 is 0 Å². The lowest BCUT2D eigenvalue weighted by Crippen LogP contribution is -2.20. The van der Waals surface area contributed by atoms with Crippen molar-refractivity contribution in [1.82, 2.24) is 5.32 Å². The zero-order chi connectivity index (χ0) is 15.4.